The molecule has 1 aromatic heterocycles. The molecule has 0 radical (unpaired) electrons. The van der Waals surface area contributed by atoms with Crippen molar-refractivity contribution in [2.45, 2.75) is 0 Å². The lowest BCUT2D eigenvalue weighted by atomic mass is 10.2. The number of nitrogens with two attached hydrogens (primary N) is 1. The number of hydrogen-bond acceptors (Lipinski definition) is 4. The van der Waals surface area contributed by atoms with E-state index in [9.17, 15) is 9.59 Å². The maximum Gasteiger partial charge on any atom is 0.276 e. The summed E-state index contributed by atoms with van der Waals surface area (Å²) in [6.45, 7) is 0. The summed E-state index contributed by atoms with van der Waals surface area (Å²) in [6, 6.07) is 7.27. The number of nitrogen functional groups attached to an aromatic ring is 1. The first kappa shape index (κ1) is 12.1. The molecule has 0 bridgehead atoms. The molecule has 2 rings (SSSR count). The fourth-order valence-electron chi connectivity index (χ4n) is 1.27. The highest BCUT2D eigenvalue weighted by Gasteiger charge is 2.08. The number of anilines is 2. The van der Waals surface area contributed by atoms with Crippen molar-refractivity contribution in [3.05, 3.63) is 51.4 Å². The molecule has 7 heteroatoms. The topological polar surface area (TPSA) is 101 Å². The Morgan fingerprint density at radius 1 is 1.33 bits per heavy atom. The molecule has 0 atom stereocenters. The Kier molecular flexibility index (Phi) is 3.29. The van der Waals surface area contributed by atoms with Crippen molar-refractivity contribution in [1.82, 2.24) is 10.2 Å². The van der Waals surface area contributed by atoms with Gasteiger partial charge in [-0.25, -0.2) is 5.10 Å². The minimum absolute atomic E-state index is 0.0996. The second-order valence-corrected chi connectivity index (χ2v) is 3.90. The molecule has 92 valence electrons. The Balaban J connectivity index is 2.18. The van der Waals surface area contributed by atoms with Crippen LogP contribution in [0.2, 0.25) is 5.02 Å². The number of amides is 1. The summed E-state index contributed by atoms with van der Waals surface area (Å²) in [5.74, 6) is -0.452. The molecule has 1 amide bonds. The summed E-state index contributed by atoms with van der Waals surface area (Å²) in [5, 5.41) is 8.71. The molecule has 0 saturated carbocycles. The van der Waals surface area contributed by atoms with Gasteiger partial charge in [-0.15, -0.1) is 0 Å². The number of aromatic nitrogens is 2. The molecule has 1 aromatic carbocycles. The van der Waals surface area contributed by atoms with Gasteiger partial charge in [-0.2, -0.15) is 5.10 Å². The van der Waals surface area contributed by atoms with Crippen molar-refractivity contribution in [2.24, 2.45) is 0 Å². The number of nitrogens with one attached hydrogen (secondary N) is 2. The predicted molar refractivity (Wildman–Crippen MR) is 68.7 cm³/mol. The van der Waals surface area contributed by atoms with Gasteiger partial charge in [0, 0.05) is 11.8 Å². The van der Waals surface area contributed by atoms with E-state index in [2.05, 4.69) is 15.5 Å². The van der Waals surface area contributed by atoms with Crippen LogP contribution in [0.5, 0.6) is 0 Å². The highest BCUT2D eigenvalue weighted by molar-refractivity contribution is 6.33. The van der Waals surface area contributed by atoms with Crippen LogP contribution in [0.25, 0.3) is 0 Å². The third-order valence-corrected chi connectivity index (χ3v) is 2.50. The lowest BCUT2D eigenvalue weighted by molar-refractivity contribution is 0.102. The Bertz CT molecular complexity index is 633. The van der Waals surface area contributed by atoms with Crippen molar-refractivity contribution in [3.8, 4) is 0 Å². The number of carbonyl (C=O) groups excluding carboxylic acids is 1. The highest BCUT2D eigenvalue weighted by Crippen LogP contribution is 2.22. The van der Waals surface area contributed by atoms with Crippen molar-refractivity contribution in [3.63, 3.8) is 0 Å². The van der Waals surface area contributed by atoms with Crippen LogP contribution in [0.4, 0.5) is 11.4 Å². The standard InChI is InChI=1S/C11H9ClN4O2/c12-7-5-6(1-2-8(7)13)14-11(18)9-3-4-10(17)16-15-9/h1-5H,13H2,(H,14,18)(H,16,17). The van der Waals surface area contributed by atoms with E-state index in [0.29, 0.717) is 16.4 Å². The molecular weight excluding hydrogens is 256 g/mol. The number of hydrogen-bond donors (Lipinski definition) is 3. The van der Waals surface area contributed by atoms with Crippen LogP contribution < -0.4 is 16.6 Å². The lowest BCUT2D eigenvalue weighted by Gasteiger charge is -2.05. The maximum absolute atomic E-state index is 11.8. The molecule has 0 fully saturated rings. The average Bonchev–Trinajstić information content (AvgIpc) is 2.34. The van der Waals surface area contributed by atoms with Crippen LogP contribution in [-0.4, -0.2) is 16.1 Å². The van der Waals surface area contributed by atoms with E-state index in [4.69, 9.17) is 17.3 Å². The van der Waals surface area contributed by atoms with Crippen molar-refractivity contribution < 1.29 is 4.79 Å². The fourth-order valence-corrected chi connectivity index (χ4v) is 1.45. The zero-order valence-electron chi connectivity index (χ0n) is 9.11. The number of nitrogens with zero attached hydrogens (tertiary/aromatic N) is 1. The molecule has 0 aliphatic heterocycles. The molecule has 0 aliphatic carbocycles. The lowest BCUT2D eigenvalue weighted by Crippen LogP contribution is -2.17. The molecule has 0 aliphatic rings. The highest BCUT2D eigenvalue weighted by atomic mass is 35.5. The maximum atomic E-state index is 11.8. The quantitative estimate of drug-likeness (QED) is 0.711. The van der Waals surface area contributed by atoms with Crippen molar-refractivity contribution in [1.29, 1.82) is 0 Å². The Morgan fingerprint density at radius 3 is 2.72 bits per heavy atom. The fraction of sp³-hybridized carbons (Fsp3) is 0. The van der Waals surface area contributed by atoms with E-state index in [1.54, 1.807) is 12.1 Å². The minimum Gasteiger partial charge on any atom is -0.398 e. The van der Waals surface area contributed by atoms with Gasteiger partial charge < -0.3 is 11.1 Å². The Morgan fingerprint density at radius 2 is 2.11 bits per heavy atom. The summed E-state index contributed by atoms with van der Waals surface area (Å²) in [7, 11) is 0. The van der Waals surface area contributed by atoms with Gasteiger partial charge in [0.25, 0.3) is 11.5 Å². The summed E-state index contributed by atoms with van der Waals surface area (Å²) in [4.78, 5) is 22.6. The van der Waals surface area contributed by atoms with Crippen LogP contribution in [0.3, 0.4) is 0 Å². The Hall–Kier alpha value is -2.34. The molecule has 4 N–H and O–H groups in total. The normalized spacial score (nSPS) is 10.1. The number of H-pyrrole nitrogens is 1. The monoisotopic (exact) mass is 264 g/mol. The van der Waals surface area contributed by atoms with E-state index < -0.39 is 5.91 Å². The summed E-state index contributed by atoms with van der Waals surface area (Å²) < 4.78 is 0. The van der Waals surface area contributed by atoms with Crippen LogP contribution >= 0.6 is 11.6 Å². The van der Waals surface area contributed by atoms with Crippen LogP contribution in [0, 0.1) is 0 Å². The van der Waals surface area contributed by atoms with E-state index in [1.807, 2.05) is 0 Å². The zero-order valence-corrected chi connectivity index (χ0v) is 9.86. The van der Waals surface area contributed by atoms with Gasteiger partial charge in [0.15, 0.2) is 0 Å². The van der Waals surface area contributed by atoms with E-state index in [-0.39, 0.29) is 11.3 Å². The first-order chi connectivity index (χ1) is 8.56. The summed E-state index contributed by atoms with van der Waals surface area (Å²) in [6.07, 6.45) is 0. The van der Waals surface area contributed by atoms with Gasteiger partial charge in [0.05, 0.1) is 10.7 Å². The summed E-state index contributed by atoms with van der Waals surface area (Å²) in [5.41, 5.74) is 6.20. The van der Waals surface area contributed by atoms with E-state index in [1.165, 1.54) is 18.2 Å². The van der Waals surface area contributed by atoms with Crippen molar-refractivity contribution in [2.75, 3.05) is 11.1 Å². The van der Waals surface area contributed by atoms with Crippen molar-refractivity contribution >= 4 is 28.9 Å². The van der Waals surface area contributed by atoms with E-state index in [0.717, 1.165) is 0 Å². The van der Waals surface area contributed by atoms with Gasteiger partial charge in [-0.1, -0.05) is 11.6 Å². The number of carbonyl (C=O) groups is 1. The number of aromatic amines is 1. The average molecular weight is 265 g/mol. The number of rotatable bonds is 2. The third kappa shape index (κ3) is 2.67. The van der Waals surface area contributed by atoms with Gasteiger partial charge in [0.1, 0.15) is 5.69 Å². The van der Waals surface area contributed by atoms with Gasteiger partial charge in [-0.05, 0) is 24.3 Å². The minimum atomic E-state index is -0.452. The van der Waals surface area contributed by atoms with Crippen LogP contribution in [-0.2, 0) is 0 Å². The van der Waals surface area contributed by atoms with E-state index >= 15 is 0 Å². The molecule has 6 nitrogen and oxygen atoms in total. The van der Waals surface area contributed by atoms with Gasteiger partial charge in [0.2, 0.25) is 0 Å². The molecule has 0 saturated heterocycles. The smallest absolute Gasteiger partial charge is 0.276 e. The molecule has 18 heavy (non-hydrogen) atoms. The molecular formula is C11H9ClN4O2. The molecule has 2 aromatic rings. The van der Waals surface area contributed by atoms with Crippen LogP contribution in [0.1, 0.15) is 10.5 Å². The third-order valence-electron chi connectivity index (χ3n) is 2.17. The number of halogens is 1. The Labute approximate surface area is 107 Å². The largest absolute Gasteiger partial charge is 0.398 e. The first-order valence-electron chi connectivity index (χ1n) is 4.98. The molecule has 1 heterocycles. The predicted octanol–water partition coefficient (Wildman–Crippen LogP) is 1.26. The second-order valence-electron chi connectivity index (χ2n) is 3.50. The molecule has 0 unspecified atom stereocenters. The van der Waals surface area contributed by atoms with Gasteiger partial charge in [-0.3, -0.25) is 9.59 Å². The number of benzene rings is 1. The SMILES string of the molecule is Nc1ccc(NC(=O)c2ccc(=O)[nH]n2)cc1Cl. The van der Waals surface area contributed by atoms with Gasteiger partial charge >= 0.3 is 0 Å². The molecule has 0 spiro atoms. The first-order valence-corrected chi connectivity index (χ1v) is 5.36. The van der Waals surface area contributed by atoms with Crippen LogP contribution in [0.15, 0.2) is 35.1 Å². The second kappa shape index (κ2) is 4.89. The zero-order chi connectivity index (χ0) is 13.1. The summed E-state index contributed by atoms with van der Waals surface area (Å²) >= 11 is 5.82.